The van der Waals surface area contributed by atoms with Crippen LogP contribution in [-0.2, 0) is 5.66 Å². The smallest absolute Gasteiger partial charge is 0.256 e. The first-order chi connectivity index (χ1) is 11.7. The zero-order chi connectivity index (χ0) is 16.7. The quantitative estimate of drug-likeness (QED) is 0.870. The van der Waals surface area contributed by atoms with Gasteiger partial charge in [0.25, 0.3) is 5.91 Å². The highest BCUT2D eigenvalue weighted by atomic mass is 16.5. The number of hydrogen-bond donors (Lipinski definition) is 0. The van der Waals surface area contributed by atoms with E-state index >= 15 is 0 Å². The molecule has 1 atom stereocenters. The first-order valence-corrected chi connectivity index (χ1v) is 8.54. The van der Waals surface area contributed by atoms with Crippen molar-refractivity contribution in [2.24, 2.45) is 0 Å². The van der Waals surface area contributed by atoms with Gasteiger partial charge in [-0.1, -0.05) is 37.3 Å². The fraction of sp³-hybridized carbons (Fsp3) is 0.350. The second-order valence-corrected chi connectivity index (χ2v) is 6.34. The number of nitrogens with zero attached hydrogens (tertiary/aromatic N) is 2. The number of carbonyl (C=O) groups excluding carboxylic acids is 1. The lowest BCUT2D eigenvalue weighted by atomic mass is 9.87. The minimum Gasteiger partial charge on any atom is -0.497 e. The molecule has 2 aromatic rings. The number of carbonyl (C=O) groups is 1. The summed E-state index contributed by atoms with van der Waals surface area (Å²) in [6, 6.07) is 16.2. The Kier molecular flexibility index (Phi) is 3.57. The van der Waals surface area contributed by atoms with Crippen molar-refractivity contribution in [3.63, 3.8) is 0 Å². The monoisotopic (exact) mass is 322 g/mol. The molecule has 0 saturated carbocycles. The summed E-state index contributed by atoms with van der Waals surface area (Å²) in [5, 5.41) is 0. The summed E-state index contributed by atoms with van der Waals surface area (Å²) in [6.07, 6.45) is 1.01. The van der Waals surface area contributed by atoms with Crippen LogP contribution in [0.1, 0.15) is 34.8 Å². The van der Waals surface area contributed by atoms with Gasteiger partial charge < -0.3 is 9.64 Å². The van der Waals surface area contributed by atoms with Crippen LogP contribution >= 0.6 is 0 Å². The molecule has 4 rings (SSSR count). The molecule has 2 aromatic carbocycles. The van der Waals surface area contributed by atoms with Crippen molar-refractivity contribution in [1.82, 2.24) is 9.80 Å². The van der Waals surface area contributed by atoms with E-state index in [0.717, 1.165) is 48.5 Å². The van der Waals surface area contributed by atoms with Crippen LogP contribution in [-0.4, -0.2) is 42.5 Å². The highest BCUT2D eigenvalue weighted by Crippen LogP contribution is 2.48. The molecular weight excluding hydrogens is 300 g/mol. The lowest BCUT2D eigenvalue weighted by Gasteiger charge is -2.51. The Morgan fingerprint density at radius 1 is 1.08 bits per heavy atom. The van der Waals surface area contributed by atoms with Crippen LogP contribution in [0.3, 0.4) is 0 Å². The average Bonchev–Trinajstić information content (AvgIpc) is 2.92. The van der Waals surface area contributed by atoms with Crippen LogP contribution < -0.4 is 4.74 Å². The first kappa shape index (κ1) is 15.2. The third-order valence-corrected chi connectivity index (χ3v) is 5.31. The minimum absolute atomic E-state index is 0.138. The van der Waals surface area contributed by atoms with Crippen LogP contribution in [0.2, 0.25) is 0 Å². The fourth-order valence-electron chi connectivity index (χ4n) is 4.30. The van der Waals surface area contributed by atoms with Gasteiger partial charge in [-0.25, -0.2) is 0 Å². The van der Waals surface area contributed by atoms with Gasteiger partial charge in [0.2, 0.25) is 0 Å². The lowest BCUT2D eigenvalue weighted by molar-refractivity contribution is -0.0352. The van der Waals surface area contributed by atoms with E-state index < -0.39 is 5.66 Å². The number of amides is 1. The second-order valence-electron chi connectivity index (χ2n) is 6.34. The van der Waals surface area contributed by atoms with E-state index in [4.69, 9.17) is 4.74 Å². The zero-order valence-electron chi connectivity index (χ0n) is 14.2. The molecule has 24 heavy (non-hydrogen) atoms. The van der Waals surface area contributed by atoms with Crippen molar-refractivity contribution >= 4 is 5.91 Å². The van der Waals surface area contributed by atoms with Gasteiger partial charge in [-0.2, -0.15) is 0 Å². The molecule has 0 N–H and O–H groups in total. The fourth-order valence-corrected chi connectivity index (χ4v) is 4.30. The van der Waals surface area contributed by atoms with E-state index in [2.05, 4.69) is 30.0 Å². The van der Waals surface area contributed by atoms with Crippen LogP contribution in [0.4, 0.5) is 0 Å². The molecule has 1 fully saturated rings. The summed E-state index contributed by atoms with van der Waals surface area (Å²) in [7, 11) is 1.67. The van der Waals surface area contributed by atoms with E-state index in [9.17, 15) is 4.79 Å². The molecule has 4 nitrogen and oxygen atoms in total. The molecule has 4 heteroatoms. The van der Waals surface area contributed by atoms with Gasteiger partial charge in [-0.15, -0.1) is 0 Å². The number of rotatable bonds is 3. The summed E-state index contributed by atoms with van der Waals surface area (Å²) in [4.78, 5) is 17.5. The van der Waals surface area contributed by atoms with Gasteiger partial charge in [-0.05, 0) is 36.7 Å². The second kappa shape index (κ2) is 5.64. The van der Waals surface area contributed by atoms with E-state index in [1.165, 1.54) is 0 Å². The number of benzene rings is 2. The third kappa shape index (κ3) is 1.86. The molecular formula is C20H22N2O2. The highest BCUT2D eigenvalue weighted by molar-refractivity contribution is 6.00. The maximum Gasteiger partial charge on any atom is 0.256 e. The molecule has 2 aliphatic heterocycles. The van der Waals surface area contributed by atoms with Gasteiger partial charge >= 0.3 is 0 Å². The predicted octanol–water partition coefficient (Wildman–Crippen LogP) is 3.08. The van der Waals surface area contributed by atoms with Crippen LogP contribution in [0.15, 0.2) is 48.5 Å². The van der Waals surface area contributed by atoms with E-state index in [-0.39, 0.29) is 5.91 Å². The van der Waals surface area contributed by atoms with Crippen molar-refractivity contribution in [3.8, 4) is 5.75 Å². The van der Waals surface area contributed by atoms with Crippen LogP contribution in [0.25, 0.3) is 0 Å². The molecule has 124 valence electrons. The van der Waals surface area contributed by atoms with E-state index in [1.807, 2.05) is 35.2 Å². The van der Waals surface area contributed by atoms with Gasteiger partial charge in [0.05, 0.1) is 7.11 Å². The normalized spacial score (nSPS) is 23.1. The Hall–Kier alpha value is -2.33. The third-order valence-electron chi connectivity index (χ3n) is 5.31. The number of methoxy groups -OCH3 is 1. The average molecular weight is 322 g/mol. The summed E-state index contributed by atoms with van der Waals surface area (Å²) in [5.41, 5.74) is 2.56. The molecule has 0 bridgehead atoms. The summed E-state index contributed by atoms with van der Waals surface area (Å²) in [5.74, 6) is 0.970. The maximum absolute atomic E-state index is 13.1. The van der Waals surface area contributed by atoms with Crippen molar-refractivity contribution in [2.75, 3.05) is 26.7 Å². The summed E-state index contributed by atoms with van der Waals surface area (Å²) >= 11 is 0. The molecule has 0 aliphatic carbocycles. The van der Waals surface area contributed by atoms with Crippen LogP contribution in [0, 0.1) is 0 Å². The molecule has 1 unspecified atom stereocenters. The Morgan fingerprint density at radius 2 is 1.83 bits per heavy atom. The number of ether oxygens (including phenoxy) is 1. The van der Waals surface area contributed by atoms with Crippen molar-refractivity contribution in [2.45, 2.75) is 19.0 Å². The van der Waals surface area contributed by atoms with Crippen LogP contribution in [0.5, 0.6) is 5.75 Å². The van der Waals surface area contributed by atoms with Gasteiger partial charge in [0.1, 0.15) is 11.4 Å². The predicted molar refractivity (Wildman–Crippen MR) is 93.1 cm³/mol. The van der Waals surface area contributed by atoms with E-state index in [0.29, 0.717) is 0 Å². The molecule has 0 radical (unpaired) electrons. The molecule has 2 aliphatic rings. The molecule has 0 spiro atoms. The Bertz CT molecular complexity index is 771. The maximum atomic E-state index is 13.1. The molecule has 1 amide bonds. The molecule has 0 aromatic heterocycles. The topological polar surface area (TPSA) is 32.8 Å². The number of fused-ring (bicyclic) bond motifs is 3. The minimum atomic E-state index is -0.493. The number of hydrogen-bond acceptors (Lipinski definition) is 3. The summed E-state index contributed by atoms with van der Waals surface area (Å²) in [6.45, 7) is 4.83. The largest absolute Gasteiger partial charge is 0.497 e. The highest BCUT2D eigenvalue weighted by Gasteiger charge is 2.55. The zero-order valence-corrected chi connectivity index (χ0v) is 14.2. The van der Waals surface area contributed by atoms with Gasteiger partial charge in [-0.3, -0.25) is 9.69 Å². The van der Waals surface area contributed by atoms with Gasteiger partial charge in [0.15, 0.2) is 0 Å². The molecule has 1 saturated heterocycles. The van der Waals surface area contributed by atoms with Gasteiger partial charge in [0, 0.05) is 24.2 Å². The van der Waals surface area contributed by atoms with Crippen molar-refractivity contribution in [3.05, 3.63) is 65.2 Å². The van der Waals surface area contributed by atoms with Crippen molar-refractivity contribution < 1.29 is 9.53 Å². The SMILES string of the molecule is CCN1CCCN2C(=O)c3ccccc3C12c1ccc(OC)cc1. The summed E-state index contributed by atoms with van der Waals surface area (Å²) < 4.78 is 5.32. The Balaban J connectivity index is 1.98. The Morgan fingerprint density at radius 3 is 2.54 bits per heavy atom. The first-order valence-electron chi connectivity index (χ1n) is 8.54. The van der Waals surface area contributed by atoms with Crippen molar-refractivity contribution in [1.29, 1.82) is 0 Å². The molecule has 2 heterocycles. The standard InChI is InChI=1S/C20H22N2O2/c1-3-21-13-6-14-22-19(23)17-7-4-5-8-18(17)20(21,22)15-9-11-16(24-2)12-10-15/h4-5,7-12H,3,6,13-14H2,1-2H3. The Labute approximate surface area is 142 Å². The lowest BCUT2D eigenvalue weighted by Crippen LogP contribution is -2.60. The van der Waals surface area contributed by atoms with E-state index in [1.54, 1.807) is 7.11 Å².